The molecule has 2 fully saturated rings. The number of amides is 1. The molecule has 1 N–H and O–H groups in total. The number of carbonyl (C=O) groups is 1. The predicted molar refractivity (Wildman–Crippen MR) is 82.0 cm³/mol. The van der Waals surface area contributed by atoms with E-state index in [9.17, 15) is 4.79 Å². The van der Waals surface area contributed by atoms with Gasteiger partial charge >= 0.3 is 0 Å². The molecule has 1 aromatic rings. The van der Waals surface area contributed by atoms with Crippen LogP contribution in [-0.2, 0) is 4.79 Å². The fourth-order valence-corrected chi connectivity index (χ4v) is 3.27. The van der Waals surface area contributed by atoms with Crippen LogP contribution in [0.5, 0.6) is 5.75 Å². The largest absolute Gasteiger partial charge is 0.496 e. The SMILES string of the molecule is CCC1NC(c2ccccc2OC)N(CC2CCC2)C1=O. The highest BCUT2D eigenvalue weighted by molar-refractivity contribution is 5.84. The topological polar surface area (TPSA) is 41.6 Å². The lowest BCUT2D eigenvalue weighted by Crippen LogP contribution is -2.37. The van der Waals surface area contributed by atoms with E-state index in [0.29, 0.717) is 5.92 Å². The van der Waals surface area contributed by atoms with E-state index in [1.807, 2.05) is 23.1 Å². The van der Waals surface area contributed by atoms with Crippen LogP contribution >= 0.6 is 0 Å². The summed E-state index contributed by atoms with van der Waals surface area (Å²) in [5, 5.41) is 3.48. The highest BCUT2D eigenvalue weighted by Gasteiger charge is 2.41. The minimum Gasteiger partial charge on any atom is -0.496 e. The summed E-state index contributed by atoms with van der Waals surface area (Å²) in [4.78, 5) is 14.6. The summed E-state index contributed by atoms with van der Waals surface area (Å²) in [6.45, 7) is 2.92. The van der Waals surface area contributed by atoms with Gasteiger partial charge in [0.15, 0.2) is 0 Å². The number of hydrogen-bond donors (Lipinski definition) is 1. The van der Waals surface area contributed by atoms with E-state index in [4.69, 9.17) is 4.74 Å². The van der Waals surface area contributed by atoms with Gasteiger partial charge in [-0.2, -0.15) is 0 Å². The van der Waals surface area contributed by atoms with Crippen LogP contribution in [-0.4, -0.2) is 30.5 Å². The van der Waals surface area contributed by atoms with Crippen molar-refractivity contribution in [3.8, 4) is 5.75 Å². The molecule has 0 spiro atoms. The van der Waals surface area contributed by atoms with E-state index in [-0.39, 0.29) is 18.1 Å². The van der Waals surface area contributed by atoms with Gasteiger partial charge in [0.1, 0.15) is 11.9 Å². The second-order valence-electron chi connectivity index (χ2n) is 6.06. The number of benzene rings is 1. The number of rotatable bonds is 5. The first-order valence-electron chi connectivity index (χ1n) is 7.94. The lowest BCUT2D eigenvalue weighted by atomic mass is 9.85. The van der Waals surface area contributed by atoms with Crippen molar-refractivity contribution in [2.75, 3.05) is 13.7 Å². The second-order valence-corrected chi connectivity index (χ2v) is 6.06. The van der Waals surface area contributed by atoms with Crippen LogP contribution in [0.1, 0.15) is 44.3 Å². The molecule has 1 saturated heterocycles. The molecule has 3 rings (SSSR count). The molecule has 21 heavy (non-hydrogen) atoms. The monoisotopic (exact) mass is 288 g/mol. The average Bonchev–Trinajstić information content (AvgIpc) is 2.79. The molecule has 1 aromatic carbocycles. The predicted octanol–water partition coefficient (Wildman–Crippen LogP) is 2.70. The Balaban J connectivity index is 1.87. The van der Waals surface area contributed by atoms with Crippen molar-refractivity contribution in [2.45, 2.75) is 44.8 Å². The smallest absolute Gasteiger partial charge is 0.241 e. The molecule has 1 heterocycles. The number of para-hydroxylation sites is 1. The highest BCUT2D eigenvalue weighted by Crippen LogP contribution is 2.36. The van der Waals surface area contributed by atoms with Gasteiger partial charge in [-0.3, -0.25) is 10.1 Å². The summed E-state index contributed by atoms with van der Waals surface area (Å²) in [6, 6.07) is 7.91. The molecule has 1 amide bonds. The third kappa shape index (κ3) is 2.64. The zero-order valence-electron chi connectivity index (χ0n) is 12.8. The maximum atomic E-state index is 12.6. The first-order valence-corrected chi connectivity index (χ1v) is 7.94. The Morgan fingerprint density at radius 2 is 2.10 bits per heavy atom. The number of nitrogens with one attached hydrogen (secondary N) is 1. The summed E-state index contributed by atoms with van der Waals surface area (Å²) >= 11 is 0. The zero-order chi connectivity index (χ0) is 14.8. The van der Waals surface area contributed by atoms with Crippen molar-refractivity contribution < 1.29 is 9.53 Å². The quantitative estimate of drug-likeness (QED) is 0.906. The molecule has 4 nitrogen and oxygen atoms in total. The van der Waals surface area contributed by atoms with E-state index >= 15 is 0 Å². The highest BCUT2D eigenvalue weighted by atomic mass is 16.5. The number of nitrogens with zero attached hydrogens (tertiary/aromatic N) is 1. The number of carbonyl (C=O) groups excluding carboxylic acids is 1. The van der Waals surface area contributed by atoms with Gasteiger partial charge in [-0.05, 0) is 31.2 Å². The van der Waals surface area contributed by atoms with Gasteiger partial charge in [-0.1, -0.05) is 31.5 Å². The number of methoxy groups -OCH3 is 1. The lowest BCUT2D eigenvalue weighted by Gasteiger charge is -2.33. The Hall–Kier alpha value is -1.55. The molecular formula is C17H24N2O2. The molecule has 2 unspecified atom stereocenters. The maximum absolute atomic E-state index is 12.6. The van der Waals surface area contributed by atoms with Crippen molar-refractivity contribution in [3.05, 3.63) is 29.8 Å². The fourth-order valence-electron chi connectivity index (χ4n) is 3.27. The van der Waals surface area contributed by atoms with Gasteiger partial charge in [-0.25, -0.2) is 0 Å². The lowest BCUT2D eigenvalue weighted by molar-refractivity contribution is -0.131. The van der Waals surface area contributed by atoms with Crippen LogP contribution in [0.25, 0.3) is 0 Å². The van der Waals surface area contributed by atoms with Crippen LogP contribution in [0.2, 0.25) is 0 Å². The summed E-state index contributed by atoms with van der Waals surface area (Å²) < 4.78 is 5.48. The van der Waals surface area contributed by atoms with Crippen molar-refractivity contribution in [3.63, 3.8) is 0 Å². The summed E-state index contributed by atoms with van der Waals surface area (Å²) in [5.41, 5.74) is 1.06. The minimum absolute atomic E-state index is 0.0563. The van der Waals surface area contributed by atoms with Gasteiger partial charge in [0.2, 0.25) is 5.91 Å². The molecule has 4 heteroatoms. The van der Waals surface area contributed by atoms with Crippen molar-refractivity contribution in [1.29, 1.82) is 0 Å². The molecule has 2 atom stereocenters. The van der Waals surface area contributed by atoms with Crippen molar-refractivity contribution in [2.24, 2.45) is 5.92 Å². The van der Waals surface area contributed by atoms with Crippen LogP contribution in [0.3, 0.4) is 0 Å². The van der Waals surface area contributed by atoms with Gasteiger partial charge in [0.05, 0.1) is 13.2 Å². The van der Waals surface area contributed by atoms with E-state index < -0.39 is 0 Å². The van der Waals surface area contributed by atoms with Crippen molar-refractivity contribution in [1.82, 2.24) is 10.2 Å². The molecule has 1 aliphatic heterocycles. The maximum Gasteiger partial charge on any atom is 0.241 e. The molecule has 0 radical (unpaired) electrons. The Morgan fingerprint density at radius 1 is 1.33 bits per heavy atom. The number of hydrogen-bond acceptors (Lipinski definition) is 3. The summed E-state index contributed by atoms with van der Waals surface area (Å²) in [5.74, 6) is 1.75. The Bertz CT molecular complexity index is 513. The molecule has 2 aliphatic rings. The molecule has 1 saturated carbocycles. The minimum atomic E-state index is -0.0695. The second kappa shape index (κ2) is 6.06. The number of ether oxygens (including phenoxy) is 1. The normalized spacial score (nSPS) is 26.0. The van der Waals surface area contributed by atoms with Gasteiger partial charge in [0, 0.05) is 12.1 Å². The first kappa shape index (κ1) is 14.4. The molecular weight excluding hydrogens is 264 g/mol. The van der Waals surface area contributed by atoms with Gasteiger partial charge < -0.3 is 9.64 Å². The Morgan fingerprint density at radius 3 is 2.71 bits per heavy atom. The third-order valence-electron chi connectivity index (χ3n) is 4.77. The molecule has 114 valence electrons. The average molecular weight is 288 g/mol. The van der Waals surface area contributed by atoms with E-state index in [1.54, 1.807) is 7.11 Å². The van der Waals surface area contributed by atoms with Crippen LogP contribution < -0.4 is 10.1 Å². The van der Waals surface area contributed by atoms with E-state index in [2.05, 4.69) is 18.3 Å². The van der Waals surface area contributed by atoms with Gasteiger partial charge in [-0.15, -0.1) is 0 Å². The first-order chi connectivity index (χ1) is 10.2. The fraction of sp³-hybridized carbons (Fsp3) is 0.588. The Kier molecular flexibility index (Phi) is 4.15. The van der Waals surface area contributed by atoms with E-state index in [1.165, 1.54) is 19.3 Å². The van der Waals surface area contributed by atoms with Crippen LogP contribution in [0.15, 0.2) is 24.3 Å². The van der Waals surface area contributed by atoms with Crippen LogP contribution in [0, 0.1) is 5.92 Å². The van der Waals surface area contributed by atoms with Crippen LogP contribution in [0.4, 0.5) is 0 Å². The van der Waals surface area contributed by atoms with Crippen molar-refractivity contribution >= 4 is 5.91 Å². The summed E-state index contributed by atoms with van der Waals surface area (Å²) in [7, 11) is 1.68. The molecule has 0 aromatic heterocycles. The third-order valence-corrected chi connectivity index (χ3v) is 4.77. The summed E-state index contributed by atoms with van der Waals surface area (Å²) in [6.07, 6.45) is 4.57. The molecule has 0 bridgehead atoms. The van der Waals surface area contributed by atoms with Gasteiger partial charge in [0.25, 0.3) is 0 Å². The standard InChI is InChI=1S/C17H24N2O2/c1-3-14-17(20)19(11-12-7-6-8-12)16(18-14)13-9-4-5-10-15(13)21-2/h4-5,9-10,12,14,16,18H,3,6-8,11H2,1-2H3. The zero-order valence-corrected chi connectivity index (χ0v) is 12.8. The Labute approximate surface area is 126 Å². The van der Waals surface area contributed by atoms with E-state index in [0.717, 1.165) is 24.3 Å². The molecule has 1 aliphatic carbocycles.